The van der Waals surface area contributed by atoms with Gasteiger partial charge in [0.2, 0.25) is 0 Å². The zero-order valence-electron chi connectivity index (χ0n) is 11.7. The van der Waals surface area contributed by atoms with E-state index in [9.17, 15) is 9.90 Å². The lowest BCUT2D eigenvalue weighted by Gasteiger charge is -2.18. The van der Waals surface area contributed by atoms with Crippen molar-refractivity contribution in [3.8, 4) is 28.0 Å². The second-order valence-corrected chi connectivity index (χ2v) is 4.76. The van der Waals surface area contributed by atoms with Crippen molar-refractivity contribution in [3.63, 3.8) is 0 Å². The molecular weight excluding hydrogens is 276 g/mol. The first-order chi connectivity index (χ1) is 10.8. The largest absolute Gasteiger partial charge is 0.513 e. The van der Waals surface area contributed by atoms with Crippen LogP contribution >= 0.6 is 0 Å². The van der Waals surface area contributed by atoms with Crippen molar-refractivity contribution >= 4 is 6.16 Å². The summed E-state index contributed by atoms with van der Waals surface area (Å²) in [5, 5.41) is 10.9. The van der Waals surface area contributed by atoms with Crippen LogP contribution in [-0.4, -0.2) is 6.16 Å². The van der Waals surface area contributed by atoms with Gasteiger partial charge in [-0.05, 0) is 22.8 Å². The van der Waals surface area contributed by atoms with Crippen molar-refractivity contribution in [2.45, 2.75) is 0 Å². The smallest absolute Gasteiger partial charge is 0.257 e. The highest BCUT2D eigenvalue weighted by Gasteiger charge is 2.11. The Morgan fingerprint density at radius 2 is 1.32 bits per heavy atom. The van der Waals surface area contributed by atoms with Crippen LogP contribution in [0.4, 0.5) is 4.79 Å². The normalized spacial score (nSPS) is 10.2. The molecule has 3 aromatic carbocycles. The highest BCUT2D eigenvalue weighted by molar-refractivity contribution is 5.88. The van der Waals surface area contributed by atoms with E-state index < -0.39 is 6.16 Å². The standard InChI is InChI=1S/C19H14O3/c20-19(21)22-17-13-7-12-16(14-8-3-1-4-9-14)18(17)15-10-5-2-6-11-15/h1-13H,(H,20,21)/p-1. The van der Waals surface area contributed by atoms with Gasteiger partial charge < -0.3 is 14.6 Å². The predicted octanol–water partition coefficient (Wildman–Crippen LogP) is 3.74. The highest BCUT2D eigenvalue weighted by Crippen LogP contribution is 2.39. The minimum absolute atomic E-state index is 0.271. The van der Waals surface area contributed by atoms with Crippen LogP contribution in [0.2, 0.25) is 0 Å². The molecule has 0 amide bonds. The van der Waals surface area contributed by atoms with E-state index in [0.29, 0.717) is 0 Å². The van der Waals surface area contributed by atoms with Gasteiger partial charge in [0.1, 0.15) is 0 Å². The molecule has 0 atom stereocenters. The Hall–Kier alpha value is -3.07. The summed E-state index contributed by atoms with van der Waals surface area (Å²) in [6, 6.07) is 24.7. The van der Waals surface area contributed by atoms with Gasteiger partial charge in [0, 0.05) is 5.56 Å². The van der Waals surface area contributed by atoms with Crippen LogP contribution in [0.25, 0.3) is 22.3 Å². The van der Waals surface area contributed by atoms with Crippen molar-refractivity contribution in [2.24, 2.45) is 0 Å². The lowest BCUT2D eigenvalue weighted by molar-refractivity contribution is -0.271. The second-order valence-electron chi connectivity index (χ2n) is 4.76. The zero-order chi connectivity index (χ0) is 15.4. The fourth-order valence-corrected chi connectivity index (χ4v) is 2.47. The topological polar surface area (TPSA) is 49.4 Å². The molecule has 0 aromatic heterocycles. The lowest BCUT2D eigenvalue weighted by atomic mass is 9.94. The molecule has 0 heterocycles. The Balaban J connectivity index is 2.24. The quantitative estimate of drug-likeness (QED) is 0.545. The third-order valence-electron chi connectivity index (χ3n) is 3.37. The van der Waals surface area contributed by atoms with Crippen LogP contribution in [0, 0.1) is 0 Å². The van der Waals surface area contributed by atoms with Crippen LogP contribution in [0.5, 0.6) is 5.75 Å². The predicted molar refractivity (Wildman–Crippen MR) is 83.3 cm³/mol. The van der Waals surface area contributed by atoms with E-state index >= 15 is 0 Å². The van der Waals surface area contributed by atoms with Crippen LogP contribution in [0.1, 0.15) is 0 Å². The zero-order valence-corrected chi connectivity index (χ0v) is 11.7. The highest BCUT2D eigenvalue weighted by atomic mass is 16.7. The van der Waals surface area contributed by atoms with Crippen molar-refractivity contribution in [3.05, 3.63) is 78.9 Å². The van der Waals surface area contributed by atoms with E-state index in [1.54, 1.807) is 12.1 Å². The minimum atomic E-state index is -1.57. The number of carboxylic acid groups (broad SMARTS) is 1. The Labute approximate surface area is 128 Å². The van der Waals surface area contributed by atoms with Crippen LogP contribution in [-0.2, 0) is 0 Å². The molecule has 108 valence electrons. The molecule has 0 N–H and O–H groups in total. The van der Waals surface area contributed by atoms with Gasteiger partial charge in [-0.2, -0.15) is 0 Å². The summed E-state index contributed by atoms with van der Waals surface area (Å²) in [6.07, 6.45) is -1.57. The van der Waals surface area contributed by atoms with Gasteiger partial charge in [0.05, 0.1) is 5.75 Å². The number of ether oxygens (including phenoxy) is 1. The van der Waals surface area contributed by atoms with Gasteiger partial charge in [0.25, 0.3) is 6.16 Å². The molecular formula is C19H13O3-. The molecule has 0 aliphatic carbocycles. The molecule has 0 radical (unpaired) electrons. The monoisotopic (exact) mass is 289 g/mol. The summed E-state index contributed by atoms with van der Waals surface area (Å²) in [4.78, 5) is 10.9. The number of carbonyl (C=O) groups excluding carboxylic acids is 1. The maximum absolute atomic E-state index is 10.9. The van der Waals surface area contributed by atoms with Gasteiger partial charge >= 0.3 is 0 Å². The number of hydrogen-bond donors (Lipinski definition) is 0. The van der Waals surface area contributed by atoms with Gasteiger partial charge in [-0.15, -0.1) is 0 Å². The summed E-state index contributed by atoms with van der Waals surface area (Å²) in [6.45, 7) is 0. The van der Waals surface area contributed by atoms with E-state index in [1.165, 1.54) is 0 Å². The van der Waals surface area contributed by atoms with Gasteiger partial charge in [-0.3, -0.25) is 0 Å². The van der Waals surface area contributed by atoms with Gasteiger partial charge in [0.15, 0.2) is 0 Å². The summed E-state index contributed by atoms with van der Waals surface area (Å²) in [5.74, 6) is 0.271. The van der Waals surface area contributed by atoms with E-state index in [1.807, 2.05) is 66.7 Å². The molecule has 3 heteroatoms. The summed E-state index contributed by atoms with van der Waals surface area (Å²) < 4.78 is 4.87. The van der Waals surface area contributed by atoms with Crippen molar-refractivity contribution in [1.29, 1.82) is 0 Å². The van der Waals surface area contributed by atoms with Crippen LogP contribution in [0.3, 0.4) is 0 Å². The molecule has 0 bridgehead atoms. The first-order valence-corrected chi connectivity index (χ1v) is 6.88. The number of benzene rings is 3. The van der Waals surface area contributed by atoms with Crippen molar-refractivity contribution < 1.29 is 14.6 Å². The van der Waals surface area contributed by atoms with E-state index in [2.05, 4.69) is 0 Å². The van der Waals surface area contributed by atoms with E-state index in [-0.39, 0.29) is 5.75 Å². The third-order valence-corrected chi connectivity index (χ3v) is 3.37. The fourth-order valence-electron chi connectivity index (χ4n) is 2.47. The van der Waals surface area contributed by atoms with Crippen LogP contribution in [0.15, 0.2) is 78.9 Å². The molecule has 0 unspecified atom stereocenters. The molecule has 0 saturated carbocycles. The first kappa shape index (κ1) is 13.9. The summed E-state index contributed by atoms with van der Waals surface area (Å²) >= 11 is 0. The van der Waals surface area contributed by atoms with Gasteiger partial charge in [-0.25, -0.2) is 0 Å². The molecule has 0 fully saturated rings. The maximum atomic E-state index is 10.9. The van der Waals surface area contributed by atoms with Crippen molar-refractivity contribution in [1.82, 2.24) is 0 Å². The SMILES string of the molecule is O=C([O-])Oc1cccc(-c2ccccc2)c1-c1ccccc1. The molecule has 0 spiro atoms. The summed E-state index contributed by atoms with van der Waals surface area (Å²) in [5.41, 5.74) is 3.52. The number of carbonyl (C=O) groups is 1. The average Bonchev–Trinajstić information content (AvgIpc) is 2.56. The molecule has 3 rings (SSSR count). The third kappa shape index (κ3) is 2.83. The molecule has 0 aliphatic heterocycles. The molecule has 3 nitrogen and oxygen atoms in total. The molecule has 0 saturated heterocycles. The molecule has 0 aliphatic rings. The van der Waals surface area contributed by atoms with Gasteiger partial charge in [-0.1, -0.05) is 72.8 Å². The fraction of sp³-hybridized carbons (Fsp3) is 0. The Morgan fingerprint density at radius 1 is 0.727 bits per heavy atom. The molecule has 3 aromatic rings. The second kappa shape index (κ2) is 6.14. The van der Waals surface area contributed by atoms with Crippen molar-refractivity contribution in [2.75, 3.05) is 0 Å². The van der Waals surface area contributed by atoms with E-state index in [0.717, 1.165) is 22.3 Å². The maximum Gasteiger partial charge on any atom is 0.257 e. The Bertz CT molecular complexity index is 780. The molecule has 22 heavy (non-hydrogen) atoms. The van der Waals surface area contributed by atoms with E-state index in [4.69, 9.17) is 4.74 Å². The minimum Gasteiger partial charge on any atom is -0.513 e. The lowest BCUT2D eigenvalue weighted by Crippen LogP contribution is -2.26. The Morgan fingerprint density at radius 3 is 1.91 bits per heavy atom. The first-order valence-electron chi connectivity index (χ1n) is 6.88. The van der Waals surface area contributed by atoms with Crippen LogP contribution < -0.4 is 9.84 Å². The number of hydrogen-bond acceptors (Lipinski definition) is 3. The number of rotatable bonds is 3. The summed E-state index contributed by atoms with van der Waals surface area (Å²) in [7, 11) is 0. The Kier molecular flexibility index (Phi) is 3.88. The average molecular weight is 289 g/mol.